The molecule has 0 fully saturated rings. The summed E-state index contributed by atoms with van der Waals surface area (Å²) in [4.78, 5) is 9.45. The monoisotopic (exact) mass is 388 g/mol. The Hall–Kier alpha value is -1.56. The molecule has 0 saturated heterocycles. The Morgan fingerprint density at radius 1 is 1.07 bits per heavy atom. The number of amides is 1. The van der Waals surface area contributed by atoms with Crippen molar-refractivity contribution in [2.45, 2.75) is 83.9 Å². The second-order valence-electron chi connectivity index (χ2n) is 7.56. The zero-order chi connectivity index (χ0) is 20.9. The molecule has 1 atom stereocenters. The maximum Gasteiger partial charge on any atom is 0.416 e. The Morgan fingerprint density at radius 2 is 1.67 bits per heavy atom. The van der Waals surface area contributed by atoms with Crippen molar-refractivity contribution in [2.75, 3.05) is 6.54 Å². The summed E-state index contributed by atoms with van der Waals surface area (Å²) in [5.41, 5.74) is 6.21. The van der Waals surface area contributed by atoms with Gasteiger partial charge in [-0.05, 0) is 63.1 Å². The smallest absolute Gasteiger partial charge is 0.359 e. The maximum atomic E-state index is 12.6. The second kappa shape index (κ2) is 12.8. The molecule has 0 aliphatic carbocycles. The van der Waals surface area contributed by atoms with Crippen molar-refractivity contribution in [3.8, 4) is 0 Å². The third-order valence-corrected chi connectivity index (χ3v) is 4.20. The highest BCUT2D eigenvalue weighted by Gasteiger charge is 2.30. The quantitative estimate of drug-likeness (QED) is 0.403. The van der Waals surface area contributed by atoms with Gasteiger partial charge in [-0.2, -0.15) is 13.2 Å². The van der Waals surface area contributed by atoms with Gasteiger partial charge in [0.2, 0.25) is 6.41 Å². The number of hydrogen-bond acceptors (Lipinski definition) is 2. The molecular formula is C21H35F3N2O. The van der Waals surface area contributed by atoms with E-state index in [9.17, 15) is 18.0 Å². The van der Waals surface area contributed by atoms with Crippen LogP contribution in [0.3, 0.4) is 0 Å². The lowest BCUT2D eigenvalue weighted by Crippen LogP contribution is -2.31. The Labute approximate surface area is 161 Å². The second-order valence-corrected chi connectivity index (χ2v) is 7.56. The van der Waals surface area contributed by atoms with Gasteiger partial charge in [-0.25, -0.2) is 0 Å². The number of benzene rings is 1. The highest BCUT2D eigenvalue weighted by atomic mass is 19.4. The first-order chi connectivity index (χ1) is 12.5. The zero-order valence-corrected chi connectivity index (χ0v) is 17.0. The van der Waals surface area contributed by atoms with Crippen LogP contribution in [0.2, 0.25) is 0 Å². The normalized spacial score (nSPS) is 12.7. The van der Waals surface area contributed by atoms with E-state index in [1.165, 1.54) is 12.1 Å². The Kier molecular flexibility index (Phi) is 12.0. The van der Waals surface area contributed by atoms with Crippen molar-refractivity contribution in [1.82, 2.24) is 5.32 Å². The van der Waals surface area contributed by atoms with E-state index in [4.69, 9.17) is 5.73 Å². The maximum absolute atomic E-state index is 12.6. The van der Waals surface area contributed by atoms with Gasteiger partial charge in [0, 0.05) is 12.1 Å². The lowest BCUT2D eigenvalue weighted by molar-refractivity contribution is -0.137. The Balaban J connectivity index is 0.000000972. The number of nitrogens with two attached hydrogens (primary N) is 1. The van der Waals surface area contributed by atoms with Crippen LogP contribution < -0.4 is 11.1 Å². The molecule has 0 aliphatic rings. The van der Waals surface area contributed by atoms with Crippen LogP contribution in [-0.4, -0.2) is 18.5 Å². The minimum Gasteiger partial charge on any atom is -0.359 e. The molecule has 1 unspecified atom stereocenters. The lowest BCUT2D eigenvalue weighted by Gasteiger charge is -2.22. The number of halogens is 3. The first kappa shape index (κ1) is 25.4. The highest BCUT2D eigenvalue weighted by Crippen LogP contribution is 2.32. The fraction of sp³-hybridized carbons (Fsp3) is 0.667. The van der Waals surface area contributed by atoms with Crippen LogP contribution in [0.4, 0.5) is 13.2 Å². The molecule has 0 saturated carbocycles. The van der Waals surface area contributed by atoms with Gasteiger partial charge < -0.3 is 11.1 Å². The fourth-order valence-corrected chi connectivity index (χ4v) is 2.78. The third-order valence-electron chi connectivity index (χ3n) is 4.20. The average molecular weight is 389 g/mol. The molecule has 0 bridgehead atoms. The van der Waals surface area contributed by atoms with Gasteiger partial charge in [0.1, 0.15) is 0 Å². The van der Waals surface area contributed by atoms with Crippen molar-refractivity contribution in [2.24, 2.45) is 5.73 Å². The average Bonchev–Trinajstić information content (AvgIpc) is 2.58. The van der Waals surface area contributed by atoms with Gasteiger partial charge in [-0.3, -0.25) is 4.79 Å². The standard InChI is InChI=1S/C17H26F3N.C4H9NO/c1-4-6-13(7-5-12-16(2,3)21)14-8-10-15(11-9-14)17(18,19)20;1-2-3-5-4-6/h8-11,13H,4-7,12,21H2,1-3H3;4H,2-3H2,1H3,(H,5,6). The summed E-state index contributed by atoms with van der Waals surface area (Å²) in [5, 5.41) is 2.52. The molecular weight excluding hydrogens is 353 g/mol. The molecule has 27 heavy (non-hydrogen) atoms. The van der Waals surface area contributed by atoms with Crippen molar-refractivity contribution < 1.29 is 18.0 Å². The van der Waals surface area contributed by atoms with Crippen molar-refractivity contribution in [3.05, 3.63) is 35.4 Å². The summed E-state index contributed by atoms with van der Waals surface area (Å²) < 4.78 is 37.8. The minimum atomic E-state index is -4.26. The van der Waals surface area contributed by atoms with E-state index in [0.29, 0.717) is 12.3 Å². The SMILES string of the molecule is CCCC(CCCC(C)(C)N)c1ccc(C(F)(F)F)cc1.CCCNC=O. The van der Waals surface area contributed by atoms with Gasteiger partial charge in [0.15, 0.2) is 0 Å². The number of rotatable bonds is 10. The Bertz CT molecular complexity index is 508. The molecule has 0 aliphatic heterocycles. The van der Waals surface area contributed by atoms with E-state index in [1.54, 1.807) is 12.1 Å². The summed E-state index contributed by atoms with van der Waals surface area (Å²) in [5.74, 6) is 0.319. The molecule has 0 heterocycles. The number of nitrogens with one attached hydrogen (secondary N) is 1. The molecule has 6 heteroatoms. The van der Waals surface area contributed by atoms with Crippen molar-refractivity contribution in [3.63, 3.8) is 0 Å². The van der Waals surface area contributed by atoms with E-state index in [0.717, 1.165) is 50.6 Å². The van der Waals surface area contributed by atoms with Gasteiger partial charge in [-0.15, -0.1) is 0 Å². The van der Waals surface area contributed by atoms with Gasteiger partial charge in [-0.1, -0.05) is 38.8 Å². The molecule has 1 aromatic rings. The molecule has 156 valence electrons. The topological polar surface area (TPSA) is 55.1 Å². The van der Waals surface area contributed by atoms with E-state index in [-0.39, 0.29) is 5.54 Å². The molecule has 1 aromatic carbocycles. The molecule has 1 amide bonds. The summed E-state index contributed by atoms with van der Waals surface area (Å²) in [6.45, 7) is 8.91. The van der Waals surface area contributed by atoms with E-state index < -0.39 is 11.7 Å². The lowest BCUT2D eigenvalue weighted by atomic mass is 9.87. The van der Waals surface area contributed by atoms with Gasteiger partial charge >= 0.3 is 6.18 Å². The zero-order valence-electron chi connectivity index (χ0n) is 17.0. The molecule has 0 radical (unpaired) electrons. The van der Waals surface area contributed by atoms with Gasteiger partial charge in [0.05, 0.1) is 5.56 Å². The van der Waals surface area contributed by atoms with Crippen LogP contribution in [0.15, 0.2) is 24.3 Å². The fourth-order valence-electron chi connectivity index (χ4n) is 2.78. The molecule has 3 nitrogen and oxygen atoms in total. The summed E-state index contributed by atoms with van der Waals surface area (Å²) in [6.07, 6.45) is 2.38. The molecule has 3 N–H and O–H groups in total. The largest absolute Gasteiger partial charge is 0.416 e. The van der Waals surface area contributed by atoms with Crippen molar-refractivity contribution >= 4 is 6.41 Å². The van der Waals surface area contributed by atoms with E-state index >= 15 is 0 Å². The molecule has 1 rings (SSSR count). The minimum absolute atomic E-state index is 0.184. The van der Waals surface area contributed by atoms with E-state index in [1.807, 2.05) is 20.8 Å². The number of alkyl halides is 3. The van der Waals surface area contributed by atoms with Crippen LogP contribution in [0, 0.1) is 0 Å². The Morgan fingerprint density at radius 3 is 2.04 bits per heavy atom. The van der Waals surface area contributed by atoms with Crippen LogP contribution >= 0.6 is 0 Å². The molecule has 0 spiro atoms. The third kappa shape index (κ3) is 12.5. The van der Waals surface area contributed by atoms with Crippen LogP contribution in [0.1, 0.15) is 83.3 Å². The van der Waals surface area contributed by atoms with Crippen LogP contribution in [0.5, 0.6) is 0 Å². The van der Waals surface area contributed by atoms with Crippen LogP contribution in [0.25, 0.3) is 0 Å². The predicted molar refractivity (Wildman–Crippen MR) is 106 cm³/mol. The van der Waals surface area contributed by atoms with E-state index in [2.05, 4.69) is 12.2 Å². The number of hydrogen-bond donors (Lipinski definition) is 2. The van der Waals surface area contributed by atoms with Gasteiger partial charge in [0.25, 0.3) is 0 Å². The molecule has 0 aromatic heterocycles. The number of carbonyl (C=O) groups excluding carboxylic acids is 1. The number of carbonyl (C=O) groups is 1. The first-order valence-corrected chi connectivity index (χ1v) is 9.68. The van der Waals surface area contributed by atoms with Crippen LogP contribution in [-0.2, 0) is 11.0 Å². The summed E-state index contributed by atoms with van der Waals surface area (Å²) in [6, 6.07) is 5.61. The van der Waals surface area contributed by atoms with Crippen molar-refractivity contribution in [1.29, 1.82) is 0 Å². The first-order valence-electron chi connectivity index (χ1n) is 9.68. The predicted octanol–water partition coefficient (Wildman–Crippen LogP) is 5.64. The summed E-state index contributed by atoms with van der Waals surface area (Å²) >= 11 is 0. The highest BCUT2D eigenvalue weighted by molar-refractivity contribution is 5.45. The summed E-state index contributed by atoms with van der Waals surface area (Å²) in [7, 11) is 0.